The van der Waals surface area contributed by atoms with Crippen molar-refractivity contribution in [2.75, 3.05) is 26.7 Å². The molecule has 0 radical (unpaired) electrons. The molecule has 1 unspecified atom stereocenters. The number of aliphatic imine (C=N–C) groups is 1. The van der Waals surface area contributed by atoms with Gasteiger partial charge in [0, 0.05) is 33.0 Å². The first-order chi connectivity index (χ1) is 12.9. The number of nitrogens with one attached hydrogen (secondary N) is 1. The highest BCUT2D eigenvalue weighted by molar-refractivity contribution is 14.0. The van der Waals surface area contributed by atoms with Crippen molar-refractivity contribution in [2.45, 2.75) is 18.8 Å². The largest absolute Gasteiger partial charge is 0.416 e. The van der Waals surface area contributed by atoms with Crippen molar-refractivity contribution in [3.05, 3.63) is 53.6 Å². The number of nitrogens with zero attached hydrogens (tertiary/aromatic N) is 4. The molecule has 154 valence electrons. The van der Waals surface area contributed by atoms with Crippen LogP contribution in [0.5, 0.6) is 0 Å². The third-order valence-electron chi connectivity index (χ3n) is 4.49. The number of hydrogen-bond acceptors (Lipinski definition) is 3. The summed E-state index contributed by atoms with van der Waals surface area (Å²) < 4.78 is 46.5. The number of imidazole rings is 1. The minimum Gasteiger partial charge on any atom is -0.370 e. The molecule has 28 heavy (non-hydrogen) atoms. The van der Waals surface area contributed by atoms with Crippen LogP contribution in [-0.2, 0) is 24.5 Å². The summed E-state index contributed by atoms with van der Waals surface area (Å²) in [6.45, 7) is 1.93. The number of hydrogen-bond donors (Lipinski definition) is 1. The molecule has 2 aromatic rings. The fourth-order valence-corrected chi connectivity index (χ4v) is 3.02. The Hall–Kier alpha value is -1.82. The number of morpholine rings is 1. The standard InChI is InChI=1S/C18H22F3N5O.HI/c1-22-17(24-11-16-23-6-7-25(16)2)26-8-9-27-15(12-26)13-4-3-5-14(10-13)18(19,20)21;/h3-7,10,15H,8-9,11-12H2,1-2H3,(H,22,24);1H. The summed E-state index contributed by atoms with van der Waals surface area (Å²) in [6, 6.07) is 5.29. The van der Waals surface area contributed by atoms with Gasteiger partial charge in [-0.05, 0) is 17.7 Å². The molecule has 1 aromatic heterocycles. The predicted octanol–water partition coefficient (Wildman–Crippen LogP) is 3.21. The monoisotopic (exact) mass is 509 g/mol. The third-order valence-corrected chi connectivity index (χ3v) is 4.49. The Balaban J connectivity index is 0.00000280. The molecule has 0 saturated carbocycles. The van der Waals surface area contributed by atoms with Crippen LogP contribution in [0, 0.1) is 0 Å². The zero-order chi connectivity index (χ0) is 19.4. The average Bonchev–Trinajstić information content (AvgIpc) is 3.07. The van der Waals surface area contributed by atoms with E-state index in [9.17, 15) is 13.2 Å². The molecule has 2 heterocycles. The number of aryl methyl sites for hydroxylation is 1. The molecular formula is C18H23F3IN5O. The van der Waals surface area contributed by atoms with Crippen molar-refractivity contribution in [3.8, 4) is 0 Å². The minimum atomic E-state index is -4.37. The Morgan fingerprint density at radius 2 is 2.18 bits per heavy atom. The van der Waals surface area contributed by atoms with Gasteiger partial charge in [0.15, 0.2) is 5.96 Å². The van der Waals surface area contributed by atoms with Crippen LogP contribution >= 0.6 is 24.0 Å². The number of rotatable bonds is 3. The summed E-state index contributed by atoms with van der Waals surface area (Å²) in [5.41, 5.74) is -0.160. The SMILES string of the molecule is CN=C(NCc1nccn1C)N1CCOC(c2cccc(C(F)(F)F)c2)C1.I. The minimum absolute atomic E-state index is 0. The van der Waals surface area contributed by atoms with Gasteiger partial charge in [-0.2, -0.15) is 13.2 Å². The van der Waals surface area contributed by atoms with Crippen molar-refractivity contribution in [1.29, 1.82) is 0 Å². The van der Waals surface area contributed by atoms with Gasteiger partial charge in [-0.1, -0.05) is 12.1 Å². The summed E-state index contributed by atoms with van der Waals surface area (Å²) >= 11 is 0. The first-order valence-corrected chi connectivity index (χ1v) is 8.59. The molecule has 1 fully saturated rings. The molecule has 6 nitrogen and oxygen atoms in total. The van der Waals surface area contributed by atoms with Crippen molar-refractivity contribution < 1.29 is 17.9 Å². The highest BCUT2D eigenvalue weighted by atomic mass is 127. The van der Waals surface area contributed by atoms with E-state index in [2.05, 4.69) is 15.3 Å². The topological polar surface area (TPSA) is 54.7 Å². The Morgan fingerprint density at radius 3 is 2.82 bits per heavy atom. The Bertz CT molecular complexity index is 809. The fourth-order valence-electron chi connectivity index (χ4n) is 3.02. The van der Waals surface area contributed by atoms with Gasteiger partial charge < -0.3 is 19.5 Å². The number of alkyl halides is 3. The molecule has 1 atom stereocenters. The highest BCUT2D eigenvalue weighted by Crippen LogP contribution is 2.32. The second-order valence-electron chi connectivity index (χ2n) is 6.28. The van der Waals surface area contributed by atoms with E-state index in [1.54, 1.807) is 19.3 Å². The zero-order valence-electron chi connectivity index (χ0n) is 15.6. The normalized spacial score (nSPS) is 18.0. The third kappa shape index (κ3) is 5.37. The van der Waals surface area contributed by atoms with Gasteiger partial charge in [-0.3, -0.25) is 4.99 Å². The smallest absolute Gasteiger partial charge is 0.370 e. The maximum Gasteiger partial charge on any atom is 0.416 e. The molecule has 0 amide bonds. The molecule has 1 aliphatic rings. The predicted molar refractivity (Wildman–Crippen MR) is 111 cm³/mol. The van der Waals surface area contributed by atoms with Gasteiger partial charge in [-0.25, -0.2) is 4.98 Å². The lowest BCUT2D eigenvalue weighted by atomic mass is 10.0. The van der Waals surface area contributed by atoms with Crippen LogP contribution in [0.1, 0.15) is 23.1 Å². The van der Waals surface area contributed by atoms with E-state index in [1.165, 1.54) is 6.07 Å². The second-order valence-corrected chi connectivity index (χ2v) is 6.28. The van der Waals surface area contributed by atoms with E-state index >= 15 is 0 Å². The van der Waals surface area contributed by atoms with Gasteiger partial charge >= 0.3 is 6.18 Å². The summed E-state index contributed by atoms with van der Waals surface area (Å²) in [7, 11) is 3.58. The van der Waals surface area contributed by atoms with E-state index in [1.807, 2.05) is 22.7 Å². The Morgan fingerprint density at radius 1 is 1.39 bits per heavy atom. The fraction of sp³-hybridized carbons (Fsp3) is 0.444. The van der Waals surface area contributed by atoms with E-state index in [-0.39, 0.29) is 24.0 Å². The molecule has 1 N–H and O–H groups in total. The van der Waals surface area contributed by atoms with Crippen molar-refractivity contribution in [2.24, 2.45) is 12.0 Å². The van der Waals surface area contributed by atoms with Gasteiger partial charge in [0.05, 0.1) is 25.3 Å². The van der Waals surface area contributed by atoms with Crippen LogP contribution in [0.3, 0.4) is 0 Å². The van der Waals surface area contributed by atoms with Crippen LogP contribution in [0.2, 0.25) is 0 Å². The maximum absolute atomic E-state index is 13.0. The lowest BCUT2D eigenvalue weighted by Gasteiger charge is -2.35. The number of aromatic nitrogens is 2. The van der Waals surface area contributed by atoms with Crippen molar-refractivity contribution in [1.82, 2.24) is 19.8 Å². The van der Waals surface area contributed by atoms with Crippen molar-refractivity contribution >= 4 is 29.9 Å². The van der Waals surface area contributed by atoms with Crippen molar-refractivity contribution in [3.63, 3.8) is 0 Å². The molecule has 1 saturated heterocycles. The molecular weight excluding hydrogens is 486 g/mol. The molecule has 10 heteroatoms. The van der Waals surface area contributed by atoms with Crippen LogP contribution in [0.4, 0.5) is 13.2 Å². The summed E-state index contributed by atoms with van der Waals surface area (Å²) in [6.07, 6.45) is -1.24. The van der Waals surface area contributed by atoms with Gasteiger partial charge in [0.1, 0.15) is 11.9 Å². The first-order valence-electron chi connectivity index (χ1n) is 8.59. The average molecular weight is 509 g/mol. The number of halogens is 4. The number of ether oxygens (including phenoxy) is 1. The molecule has 0 bridgehead atoms. The first kappa shape index (κ1) is 22.5. The second kappa shape index (κ2) is 9.59. The maximum atomic E-state index is 13.0. The van der Waals surface area contributed by atoms with Crippen LogP contribution in [0.15, 0.2) is 41.7 Å². The van der Waals surface area contributed by atoms with Gasteiger partial charge in [0.2, 0.25) is 0 Å². The number of guanidine groups is 1. The quantitative estimate of drug-likeness (QED) is 0.393. The van der Waals surface area contributed by atoms with E-state index in [4.69, 9.17) is 4.74 Å². The number of benzene rings is 1. The molecule has 1 aliphatic heterocycles. The van der Waals surface area contributed by atoms with Gasteiger partial charge in [0.25, 0.3) is 0 Å². The van der Waals surface area contributed by atoms with Crippen LogP contribution < -0.4 is 5.32 Å². The Kier molecular flexibility index (Phi) is 7.70. The summed E-state index contributed by atoms with van der Waals surface area (Å²) in [5, 5.41) is 3.25. The molecule has 0 aliphatic carbocycles. The lowest BCUT2D eigenvalue weighted by Crippen LogP contribution is -2.48. The molecule has 1 aromatic carbocycles. The van der Waals surface area contributed by atoms with E-state index < -0.39 is 17.8 Å². The van der Waals surface area contributed by atoms with Crippen LogP contribution in [-0.4, -0.2) is 47.2 Å². The molecule has 3 rings (SSSR count). The zero-order valence-corrected chi connectivity index (χ0v) is 17.9. The van der Waals surface area contributed by atoms with Crippen LogP contribution in [0.25, 0.3) is 0 Å². The van der Waals surface area contributed by atoms with Gasteiger partial charge in [-0.15, -0.1) is 24.0 Å². The van der Waals surface area contributed by atoms with E-state index in [0.29, 0.717) is 37.8 Å². The summed E-state index contributed by atoms with van der Waals surface area (Å²) in [4.78, 5) is 10.5. The summed E-state index contributed by atoms with van der Waals surface area (Å²) in [5.74, 6) is 1.53. The lowest BCUT2D eigenvalue weighted by molar-refractivity contribution is -0.137. The highest BCUT2D eigenvalue weighted by Gasteiger charge is 2.32. The Labute approximate surface area is 178 Å². The van der Waals surface area contributed by atoms with E-state index in [0.717, 1.165) is 18.0 Å². The molecule has 0 spiro atoms.